The van der Waals surface area contributed by atoms with E-state index in [0.29, 0.717) is 5.92 Å². The highest BCUT2D eigenvalue weighted by molar-refractivity contribution is 7.12. The number of hydrogen-bond donors (Lipinski definition) is 0. The molecular formula is C12H17NO2S. The van der Waals surface area contributed by atoms with Gasteiger partial charge < -0.3 is 9.64 Å². The van der Waals surface area contributed by atoms with Gasteiger partial charge >= 0.3 is 0 Å². The van der Waals surface area contributed by atoms with Crippen LogP contribution in [0.25, 0.3) is 0 Å². The van der Waals surface area contributed by atoms with E-state index in [9.17, 15) is 4.79 Å². The zero-order chi connectivity index (χ0) is 11.4. The van der Waals surface area contributed by atoms with E-state index in [0.717, 1.165) is 31.1 Å². The van der Waals surface area contributed by atoms with E-state index in [1.807, 2.05) is 29.5 Å². The highest BCUT2D eigenvalue weighted by Gasteiger charge is 2.19. The number of carbonyl (C=O) groups is 1. The second-order valence-electron chi connectivity index (χ2n) is 4.25. The molecule has 88 valence electrons. The monoisotopic (exact) mass is 239 g/mol. The van der Waals surface area contributed by atoms with Gasteiger partial charge in [-0.25, -0.2) is 0 Å². The van der Waals surface area contributed by atoms with Gasteiger partial charge in [0.05, 0.1) is 11.5 Å². The van der Waals surface area contributed by atoms with Crippen LogP contribution in [-0.2, 0) is 4.74 Å². The minimum absolute atomic E-state index is 0.126. The van der Waals surface area contributed by atoms with Gasteiger partial charge in [0.2, 0.25) is 0 Å². The number of thiophene rings is 1. The molecule has 0 N–H and O–H groups in total. The third-order valence-electron chi connectivity index (χ3n) is 2.87. The van der Waals surface area contributed by atoms with Crippen LogP contribution >= 0.6 is 11.3 Å². The van der Waals surface area contributed by atoms with Crippen molar-refractivity contribution in [2.75, 3.05) is 26.8 Å². The number of rotatable bonds is 3. The van der Waals surface area contributed by atoms with E-state index in [-0.39, 0.29) is 5.91 Å². The van der Waals surface area contributed by atoms with E-state index in [1.165, 1.54) is 17.8 Å². The quantitative estimate of drug-likeness (QED) is 0.809. The molecule has 0 spiro atoms. The molecule has 1 aliphatic heterocycles. The van der Waals surface area contributed by atoms with Crippen molar-refractivity contribution in [3.8, 4) is 0 Å². The van der Waals surface area contributed by atoms with Gasteiger partial charge in [0.15, 0.2) is 0 Å². The lowest BCUT2D eigenvalue weighted by molar-refractivity contribution is 0.0390. The first kappa shape index (κ1) is 11.6. The molecular weight excluding hydrogens is 222 g/mol. The minimum Gasteiger partial charge on any atom is -0.381 e. The Morgan fingerprint density at radius 3 is 3.19 bits per heavy atom. The molecule has 1 fully saturated rings. The SMILES string of the molecule is CN(CC1CCCOC1)C(=O)c1cccs1. The predicted molar refractivity (Wildman–Crippen MR) is 64.8 cm³/mol. The van der Waals surface area contributed by atoms with Crippen LogP contribution in [0.4, 0.5) is 0 Å². The first-order valence-corrected chi connectivity index (χ1v) is 6.52. The average molecular weight is 239 g/mol. The Morgan fingerprint density at radius 1 is 1.69 bits per heavy atom. The number of nitrogens with zero attached hydrogens (tertiary/aromatic N) is 1. The van der Waals surface area contributed by atoms with Gasteiger partial charge in [0.25, 0.3) is 5.91 Å². The van der Waals surface area contributed by atoms with Crippen LogP contribution < -0.4 is 0 Å². The summed E-state index contributed by atoms with van der Waals surface area (Å²) in [7, 11) is 1.87. The molecule has 0 radical (unpaired) electrons. The average Bonchev–Trinajstić information content (AvgIpc) is 2.83. The van der Waals surface area contributed by atoms with Crippen LogP contribution in [-0.4, -0.2) is 37.6 Å². The van der Waals surface area contributed by atoms with Gasteiger partial charge in [0.1, 0.15) is 0 Å². The Bertz CT molecular complexity index is 331. The van der Waals surface area contributed by atoms with Gasteiger partial charge in [0, 0.05) is 20.2 Å². The van der Waals surface area contributed by atoms with Crippen molar-refractivity contribution in [1.82, 2.24) is 4.90 Å². The van der Waals surface area contributed by atoms with Gasteiger partial charge in [-0.15, -0.1) is 11.3 Å². The largest absolute Gasteiger partial charge is 0.381 e. The molecule has 0 bridgehead atoms. The van der Waals surface area contributed by atoms with Crippen LogP contribution in [0.1, 0.15) is 22.5 Å². The van der Waals surface area contributed by atoms with Gasteiger partial charge in [-0.05, 0) is 30.2 Å². The summed E-state index contributed by atoms with van der Waals surface area (Å²) in [5.41, 5.74) is 0. The van der Waals surface area contributed by atoms with Crippen molar-refractivity contribution in [2.45, 2.75) is 12.8 Å². The van der Waals surface area contributed by atoms with Crippen LogP contribution in [0, 0.1) is 5.92 Å². The molecule has 1 atom stereocenters. The summed E-state index contributed by atoms with van der Waals surface area (Å²) in [5.74, 6) is 0.628. The third-order valence-corrected chi connectivity index (χ3v) is 3.72. The van der Waals surface area contributed by atoms with Crippen molar-refractivity contribution in [3.05, 3.63) is 22.4 Å². The van der Waals surface area contributed by atoms with Crippen molar-refractivity contribution in [1.29, 1.82) is 0 Å². The van der Waals surface area contributed by atoms with Crippen LogP contribution in [0.5, 0.6) is 0 Å². The van der Waals surface area contributed by atoms with E-state index in [4.69, 9.17) is 4.74 Å². The minimum atomic E-state index is 0.126. The molecule has 0 aliphatic carbocycles. The molecule has 3 nitrogen and oxygen atoms in total. The molecule has 1 amide bonds. The highest BCUT2D eigenvalue weighted by atomic mass is 32.1. The standard InChI is InChI=1S/C12H17NO2S/c1-13(8-10-4-2-6-15-9-10)12(14)11-5-3-7-16-11/h3,5,7,10H,2,4,6,8-9H2,1H3. The van der Waals surface area contributed by atoms with Crippen molar-refractivity contribution >= 4 is 17.2 Å². The summed E-state index contributed by atoms with van der Waals surface area (Å²) >= 11 is 1.50. The Labute approximate surface area is 100 Å². The number of ether oxygens (including phenoxy) is 1. The number of amides is 1. The van der Waals surface area contributed by atoms with E-state index in [2.05, 4.69) is 0 Å². The van der Waals surface area contributed by atoms with Crippen LogP contribution in [0.15, 0.2) is 17.5 Å². The molecule has 2 heterocycles. The Hall–Kier alpha value is -0.870. The zero-order valence-electron chi connectivity index (χ0n) is 9.52. The molecule has 2 rings (SSSR count). The first-order chi connectivity index (χ1) is 7.77. The Morgan fingerprint density at radius 2 is 2.56 bits per heavy atom. The fourth-order valence-electron chi connectivity index (χ4n) is 2.01. The van der Waals surface area contributed by atoms with Crippen molar-refractivity contribution in [2.24, 2.45) is 5.92 Å². The maximum atomic E-state index is 12.0. The molecule has 1 aliphatic rings. The molecule has 1 saturated heterocycles. The summed E-state index contributed by atoms with van der Waals surface area (Å²) in [6.07, 6.45) is 2.29. The number of hydrogen-bond acceptors (Lipinski definition) is 3. The van der Waals surface area contributed by atoms with Crippen molar-refractivity contribution in [3.63, 3.8) is 0 Å². The number of carbonyl (C=O) groups excluding carboxylic acids is 1. The predicted octanol–water partition coefficient (Wildman–Crippen LogP) is 2.25. The molecule has 1 aromatic heterocycles. The fraction of sp³-hybridized carbons (Fsp3) is 0.583. The van der Waals surface area contributed by atoms with Crippen molar-refractivity contribution < 1.29 is 9.53 Å². The van der Waals surface area contributed by atoms with E-state index < -0.39 is 0 Å². The smallest absolute Gasteiger partial charge is 0.263 e. The summed E-state index contributed by atoms with van der Waals surface area (Å²) in [5, 5.41) is 1.94. The summed E-state index contributed by atoms with van der Waals surface area (Å²) in [6, 6.07) is 3.79. The second kappa shape index (κ2) is 5.46. The lowest BCUT2D eigenvalue weighted by Crippen LogP contribution is -2.34. The molecule has 16 heavy (non-hydrogen) atoms. The van der Waals surface area contributed by atoms with Crippen LogP contribution in [0.3, 0.4) is 0 Å². The topological polar surface area (TPSA) is 29.5 Å². The Kier molecular flexibility index (Phi) is 3.96. The normalized spacial score (nSPS) is 20.7. The summed E-state index contributed by atoms with van der Waals surface area (Å²) in [4.78, 5) is 14.6. The summed E-state index contributed by atoms with van der Waals surface area (Å²) in [6.45, 7) is 2.47. The maximum absolute atomic E-state index is 12.0. The maximum Gasteiger partial charge on any atom is 0.263 e. The van der Waals surface area contributed by atoms with Gasteiger partial charge in [-0.3, -0.25) is 4.79 Å². The second-order valence-corrected chi connectivity index (χ2v) is 5.19. The lowest BCUT2D eigenvalue weighted by Gasteiger charge is -2.26. The zero-order valence-corrected chi connectivity index (χ0v) is 10.3. The van der Waals surface area contributed by atoms with Crippen LogP contribution in [0.2, 0.25) is 0 Å². The molecule has 1 unspecified atom stereocenters. The lowest BCUT2D eigenvalue weighted by atomic mass is 10.0. The molecule has 4 heteroatoms. The fourth-order valence-corrected chi connectivity index (χ4v) is 2.73. The highest BCUT2D eigenvalue weighted by Crippen LogP contribution is 2.17. The Balaban J connectivity index is 1.87. The summed E-state index contributed by atoms with van der Waals surface area (Å²) < 4.78 is 5.42. The molecule has 0 saturated carbocycles. The van der Waals surface area contributed by atoms with Gasteiger partial charge in [-0.2, -0.15) is 0 Å². The third kappa shape index (κ3) is 2.83. The first-order valence-electron chi connectivity index (χ1n) is 5.64. The van der Waals surface area contributed by atoms with Gasteiger partial charge in [-0.1, -0.05) is 6.07 Å². The van der Waals surface area contributed by atoms with E-state index in [1.54, 1.807) is 0 Å². The van der Waals surface area contributed by atoms with E-state index >= 15 is 0 Å². The molecule has 1 aromatic rings. The molecule has 0 aromatic carbocycles.